The molecule has 0 amide bonds. The third kappa shape index (κ3) is 4.01. The first-order valence-electron chi connectivity index (χ1n) is 7.99. The zero-order valence-corrected chi connectivity index (χ0v) is 15.8. The van der Waals surface area contributed by atoms with Gasteiger partial charge in [-0.1, -0.05) is 70.2 Å². The summed E-state index contributed by atoms with van der Waals surface area (Å²) in [5.74, 6) is 2.31. The Bertz CT molecular complexity index is 611. The molecular weight excluding hydrogens is 284 g/mol. The third-order valence-corrected chi connectivity index (χ3v) is 4.55. The van der Waals surface area contributed by atoms with E-state index in [1.165, 1.54) is 22.6 Å². The van der Waals surface area contributed by atoms with Gasteiger partial charge in [-0.2, -0.15) is 0 Å². The highest BCUT2D eigenvalue weighted by molar-refractivity contribution is 6.49. The Balaban J connectivity index is 2.46. The van der Waals surface area contributed by atoms with Crippen LogP contribution in [0.2, 0.25) is 13.1 Å². The average molecular weight is 312 g/mol. The number of hydrogen-bond acceptors (Lipinski definition) is 1. The van der Waals surface area contributed by atoms with Gasteiger partial charge in [0, 0.05) is 11.5 Å². The third-order valence-electron chi connectivity index (χ3n) is 3.82. The van der Waals surface area contributed by atoms with E-state index in [9.17, 15) is 0 Å². The topological polar surface area (TPSA) is 9.23 Å². The average Bonchev–Trinajstić information content (AvgIpc) is 2.46. The van der Waals surface area contributed by atoms with Crippen molar-refractivity contribution >= 4 is 9.04 Å². The fourth-order valence-corrected chi connectivity index (χ4v) is 3.20. The first kappa shape index (κ1) is 16.8. The van der Waals surface area contributed by atoms with E-state index >= 15 is 0 Å². The van der Waals surface area contributed by atoms with Crippen LogP contribution in [-0.2, 0) is 5.41 Å². The Morgan fingerprint density at radius 3 is 2.14 bits per heavy atom. The van der Waals surface area contributed by atoms with Crippen LogP contribution < -0.4 is 4.43 Å². The van der Waals surface area contributed by atoms with Gasteiger partial charge >= 0.3 is 0 Å². The van der Waals surface area contributed by atoms with E-state index < -0.39 is 9.04 Å². The minimum Gasteiger partial charge on any atom is -0.547 e. The first-order chi connectivity index (χ1) is 10.3. The van der Waals surface area contributed by atoms with Crippen LogP contribution in [0.5, 0.6) is 5.75 Å². The molecule has 0 unspecified atom stereocenters. The number of rotatable bonds is 4. The molecule has 2 aromatic rings. The summed E-state index contributed by atoms with van der Waals surface area (Å²) in [6.07, 6.45) is 0. The zero-order valence-electron chi connectivity index (χ0n) is 14.6. The van der Waals surface area contributed by atoms with Gasteiger partial charge in [-0.3, -0.25) is 0 Å². The van der Waals surface area contributed by atoms with Gasteiger partial charge in [0.1, 0.15) is 5.75 Å². The van der Waals surface area contributed by atoms with E-state index in [4.69, 9.17) is 4.43 Å². The lowest BCUT2D eigenvalue weighted by atomic mass is 9.84. The van der Waals surface area contributed by atoms with Crippen LogP contribution in [0.4, 0.5) is 0 Å². The maximum absolute atomic E-state index is 6.24. The van der Waals surface area contributed by atoms with Crippen LogP contribution in [0.25, 0.3) is 0 Å². The lowest BCUT2D eigenvalue weighted by molar-refractivity contribution is 0.556. The SMILES string of the molecule is C[C](c1ccccc1)c1ccc(C(C)(C)C)cc1O[SiH](C)C. The van der Waals surface area contributed by atoms with Gasteiger partial charge in [0.2, 0.25) is 9.04 Å². The monoisotopic (exact) mass is 311 g/mol. The van der Waals surface area contributed by atoms with Crippen LogP contribution in [0, 0.1) is 5.92 Å². The molecule has 1 nitrogen and oxygen atoms in total. The summed E-state index contributed by atoms with van der Waals surface area (Å²) in [6, 6.07) is 17.2. The van der Waals surface area contributed by atoms with E-state index in [0.29, 0.717) is 0 Å². The lowest BCUT2D eigenvalue weighted by Gasteiger charge is -2.24. The van der Waals surface area contributed by atoms with Crippen molar-refractivity contribution in [3.8, 4) is 5.75 Å². The summed E-state index contributed by atoms with van der Waals surface area (Å²) in [6.45, 7) is 13.3. The number of hydrogen-bond donors (Lipinski definition) is 0. The Labute approximate surface area is 137 Å². The molecule has 0 saturated heterocycles. The molecule has 0 spiro atoms. The molecule has 0 saturated carbocycles. The Morgan fingerprint density at radius 2 is 1.59 bits per heavy atom. The van der Waals surface area contributed by atoms with Crippen molar-refractivity contribution in [3.05, 3.63) is 71.1 Å². The van der Waals surface area contributed by atoms with Gasteiger partial charge < -0.3 is 4.43 Å². The molecule has 0 aromatic heterocycles. The normalized spacial score (nSPS) is 12.0. The highest BCUT2D eigenvalue weighted by Gasteiger charge is 2.20. The van der Waals surface area contributed by atoms with E-state index in [1.54, 1.807) is 0 Å². The quantitative estimate of drug-likeness (QED) is 0.693. The molecule has 22 heavy (non-hydrogen) atoms. The van der Waals surface area contributed by atoms with Crippen LogP contribution >= 0.6 is 0 Å². The second-order valence-corrected chi connectivity index (χ2v) is 9.45. The van der Waals surface area contributed by atoms with Crippen LogP contribution in [-0.4, -0.2) is 9.04 Å². The Kier molecular flexibility index (Phi) is 5.12. The molecule has 0 aliphatic carbocycles. The molecule has 0 bridgehead atoms. The molecular formula is C20H27OSi. The largest absolute Gasteiger partial charge is 0.547 e. The van der Waals surface area contributed by atoms with E-state index in [1.807, 2.05) is 0 Å². The zero-order chi connectivity index (χ0) is 16.3. The second-order valence-electron chi connectivity index (χ2n) is 7.12. The molecule has 2 aromatic carbocycles. The minimum absolute atomic E-state index is 0.135. The van der Waals surface area contributed by atoms with Gasteiger partial charge in [-0.25, -0.2) is 0 Å². The summed E-state index contributed by atoms with van der Waals surface area (Å²) in [5, 5.41) is 0. The Morgan fingerprint density at radius 1 is 0.955 bits per heavy atom. The molecule has 0 aliphatic heterocycles. The molecule has 117 valence electrons. The number of benzene rings is 2. The van der Waals surface area contributed by atoms with Gasteiger partial charge in [-0.15, -0.1) is 0 Å². The summed E-state index contributed by atoms with van der Waals surface area (Å²) >= 11 is 0. The fraction of sp³-hybridized carbons (Fsp3) is 0.350. The molecule has 0 heterocycles. The van der Waals surface area contributed by atoms with E-state index in [2.05, 4.69) is 89.3 Å². The molecule has 2 heteroatoms. The molecule has 2 rings (SSSR count). The highest BCUT2D eigenvalue weighted by atomic mass is 28.3. The Hall–Kier alpha value is -1.54. The van der Waals surface area contributed by atoms with Crippen molar-refractivity contribution in [2.24, 2.45) is 0 Å². The summed E-state index contributed by atoms with van der Waals surface area (Å²) < 4.78 is 6.24. The maximum Gasteiger partial charge on any atom is 0.229 e. The van der Waals surface area contributed by atoms with Crippen molar-refractivity contribution in [2.75, 3.05) is 0 Å². The predicted octanol–water partition coefficient (Wildman–Crippen LogP) is 5.34. The fourth-order valence-electron chi connectivity index (χ4n) is 2.49. The van der Waals surface area contributed by atoms with Crippen molar-refractivity contribution in [1.82, 2.24) is 0 Å². The first-order valence-corrected chi connectivity index (χ1v) is 10.8. The van der Waals surface area contributed by atoms with E-state index in [0.717, 1.165) is 5.75 Å². The standard InChI is InChI=1S/C20H27OSi/c1-15(16-10-8-7-9-11-16)18-13-12-17(20(2,3)4)14-19(18)21-22(5)6/h7-14,22H,1-6H3. The van der Waals surface area contributed by atoms with Crippen LogP contribution in [0.15, 0.2) is 48.5 Å². The van der Waals surface area contributed by atoms with Crippen molar-refractivity contribution in [3.63, 3.8) is 0 Å². The second kappa shape index (κ2) is 6.70. The van der Waals surface area contributed by atoms with Crippen LogP contribution in [0.1, 0.15) is 44.4 Å². The molecule has 0 N–H and O–H groups in total. The summed E-state index contributed by atoms with van der Waals surface area (Å²) in [5.41, 5.74) is 3.92. The minimum atomic E-state index is -1.15. The lowest BCUT2D eigenvalue weighted by Crippen LogP contribution is -2.16. The maximum atomic E-state index is 6.24. The summed E-state index contributed by atoms with van der Waals surface area (Å²) in [4.78, 5) is 0. The molecule has 0 fully saturated rings. The highest BCUT2D eigenvalue weighted by Crippen LogP contribution is 2.35. The van der Waals surface area contributed by atoms with Gasteiger partial charge in [0.05, 0.1) is 0 Å². The van der Waals surface area contributed by atoms with Crippen molar-refractivity contribution < 1.29 is 4.43 Å². The van der Waals surface area contributed by atoms with Crippen LogP contribution in [0.3, 0.4) is 0 Å². The van der Waals surface area contributed by atoms with Crippen molar-refractivity contribution in [2.45, 2.75) is 46.2 Å². The summed E-state index contributed by atoms with van der Waals surface area (Å²) in [7, 11) is -1.15. The van der Waals surface area contributed by atoms with Gasteiger partial charge in [-0.05, 0) is 35.7 Å². The van der Waals surface area contributed by atoms with Gasteiger partial charge in [0.15, 0.2) is 0 Å². The molecule has 0 atom stereocenters. The smallest absolute Gasteiger partial charge is 0.229 e. The molecule has 0 aliphatic rings. The predicted molar refractivity (Wildman–Crippen MR) is 98.2 cm³/mol. The van der Waals surface area contributed by atoms with Crippen molar-refractivity contribution in [1.29, 1.82) is 0 Å². The molecule has 1 radical (unpaired) electrons. The van der Waals surface area contributed by atoms with Gasteiger partial charge in [0.25, 0.3) is 0 Å². The van der Waals surface area contributed by atoms with E-state index in [-0.39, 0.29) is 5.41 Å².